The van der Waals surface area contributed by atoms with Crippen LogP contribution in [0.5, 0.6) is 0 Å². The van der Waals surface area contributed by atoms with Gasteiger partial charge in [-0.2, -0.15) is 15.1 Å². The van der Waals surface area contributed by atoms with Gasteiger partial charge in [0.15, 0.2) is 20.3 Å². The molecule has 1 saturated carbocycles. The Morgan fingerprint density at radius 3 is 2.77 bits per heavy atom. The van der Waals surface area contributed by atoms with E-state index >= 15 is 0 Å². The molecule has 0 spiro atoms. The topological polar surface area (TPSA) is 105 Å². The SMILES string of the molecule is CC.CC1CCCC1Nc1nc(Cl)nc2c1cnn2C1CCC(CSCP(O)O)O1. The van der Waals surface area contributed by atoms with Crippen molar-refractivity contribution in [2.24, 2.45) is 5.92 Å². The summed E-state index contributed by atoms with van der Waals surface area (Å²) in [5, 5.41) is 9.13. The van der Waals surface area contributed by atoms with Crippen LogP contribution in [0, 0.1) is 5.92 Å². The molecule has 2 aliphatic rings. The smallest absolute Gasteiger partial charge is 0.226 e. The number of halogens is 1. The fourth-order valence-electron chi connectivity index (χ4n) is 4.01. The third kappa shape index (κ3) is 5.75. The number of nitrogens with one attached hydrogen (secondary N) is 1. The minimum atomic E-state index is -1.86. The zero-order chi connectivity index (χ0) is 21.7. The highest BCUT2D eigenvalue weighted by molar-refractivity contribution is 8.03. The summed E-state index contributed by atoms with van der Waals surface area (Å²) in [7, 11) is -1.86. The first-order valence-electron chi connectivity index (χ1n) is 10.6. The van der Waals surface area contributed by atoms with Crippen LogP contribution < -0.4 is 5.32 Å². The second kappa shape index (κ2) is 11.2. The molecule has 8 nitrogen and oxygen atoms in total. The van der Waals surface area contributed by atoms with Gasteiger partial charge in [0.25, 0.3) is 0 Å². The Kier molecular flexibility index (Phi) is 8.98. The molecule has 4 unspecified atom stereocenters. The van der Waals surface area contributed by atoms with E-state index in [1.807, 2.05) is 13.8 Å². The van der Waals surface area contributed by atoms with E-state index in [4.69, 9.17) is 26.1 Å². The third-order valence-corrected chi connectivity index (χ3v) is 7.91. The average molecular weight is 476 g/mol. The molecule has 0 radical (unpaired) electrons. The maximum Gasteiger partial charge on any atom is 0.226 e. The molecule has 168 valence electrons. The van der Waals surface area contributed by atoms with Gasteiger partial charge >= 0.3 is 0 Å². The lowest BCUT2D eigenvalue weighted by atomic mass is 10.1. The number of ether oxygens (including phenoxy) is 1. The number of hydrogen-bond donors (Lipinski definition) is 3. The molecule has 0 bridgehead atoms. The van der Waals surface area contributed by atoms with Crippen molar-refractivity contribution in [2.45, 2.75) is 71.2 Å². The highest BCUT2D eigenvalue weighted by atomic mass is 35.5. The first-order chi connectivity index (χ1) is 14.5. The number of nitrogens with zero attached hydrogens (tertiary/aromatic N) is 4. The quantitative estimate of drug-likeness (QED) is 0.388. The van der Waals surface area contributed by atoms with E-state index in [9.17, 15) is 0 Å². The standard InChI is InChI=1S/C17H25ClN5O3PS.C2H6/c1-10-3-2-4-13(10)20-15-12-7-19-23(16(12)22-17(18)21-15)14-6-5-11(26-14)8-28-9-27(24)25;1-2/h7,10-11,13-14,24-25H,2-6,8-9H2,1H3,(H,20,21,22);1-2H3. The Labute approximate surface area is 188 Å². The lowest BCUT2D eigenvalue weighted by Gasteiger charge is -2.18. The van der Waals surface area contributed by atoms with Crippen molar-refractivity contribution in [1.29, 1.82) is 0 Å². The van der Waals surface area contributed by atoms with Crippen LogP contribution in [0.4, 0.5) is 5.82 Å². The van der Waals surface area contributed by atoms with Crippen molar-refractivity contribution < 1.29 is 14.5 Å². The second-order valence-corrected chi connectivity index (χ2v) is 10.3. The van der Waals surface area contributed by atoms with Crippen molar-refractivity contribution in [1.82, 2.24) is 19.7 Å². The van der Waals surface area contributed by atoms with Crippen molar-refractivity contribution in [3.63, 3.8) is 0 Å². The molecule has 2 fully saturated rings. The number of aromatic nitrogens is 4. The molecule has 2 aromatic rings. The maximum atomic E-state index is 9.03. The molecule has 3 heterocycles. The number of anilines is 1. The molecule has 0 amide bonds. The Hall–Kier alpha value is -0.700. The van der Waals surface area contributed by atoms with Gasteiger partial charge in [-0.05, 0) is 43.2 Å². The summed E-state index contributed by atoms with van der Waals surface area (Å²) in [4.78, 5) is 26.9. The Balaban J connectivity index is 0.00000124. The van der Waals surface area contributed by atoms with Crippen LogP contribution in [0.25, 0.3) is 11.0 Å². The van der Waals surface area contributed by atoms with Crippen LogP contribution in [-0.2, 0) is 4.74 Å². The van der Waals surface area contributed by atoms with Gasteiger partial charge < -0.3 is 19.8 Å². The highest BCUT2D eigenvalue weighted by Crippen LogP contribution is 2.36. The van der Waals surface area contributed by atoms with Gasteiger partial charge in [0.05, 0.1) is 23.2 Å². The summed E-state index contributed by atoms with van der Waals surface area (Å²) in [5.74, 6) is 2.08. The predicted octanol–water partition coefficient (Wildman–Crippen LogP) is 4.77. The van der Waals surface area contributed by atoms with Crippen molar-refractivity contribution >= 4 is 48.6 Å². The molecule has 11 heteroatoms. The second-order valence-electron chi connectivity index (χ2n) is 7.49. The largest absolute Gasteiger partial charge is 0.366 e. The Morgan fingerprint density at radius 1 is 1.27 bits per heavy atom. The summed E-state index contributed by atoms with van der Waals surface area (Å²) < 4.78 is 7.92. The molecule has 30 heavy (non-hydrogen) atoms. The highest BCUT2D eigenvalue weighted by Gasteiger charge is 2.30. The van der Waals surface area contributed by atoms with E-state index in [0.717, 1.165) is 36.2 Å². The third-order valence-electron chi connectivity index (χ3n) is 5.48. The van der Waals surface area contributed by atoms with Gasteiger partial charge in [-0.15, -0.1) is 11.8 Å². The first kappa shape index (κ1) is 24.0. The molecule has 3 N–H and O–H groups in total. The van der Waals surface area contributed by atoms with E-state index in [-0.39, 0.29) is 17.6 Å². The van der Waals surface area contributed by atoms with E-state index in [1.54, 1.807) is 10.9 Å². The van der Waals surface area contributed by atoms with Crippen molar-refractivity contribution in [2.75, 3.05) is 16.6 Å². The van der Waals surface area contributed by atoms with E-state index < -0.39 is 8.38 Å². The normalized spacial score (nSPS) is 26.2. The summed E-state index contributed by atoms with van der Waals surface area (Å²) in [5.41, 5.74) is 1.03. The number of rotatable bonds is 7. The molecular weight excluding hydrogens is 445 g/mol. The van der Waals surface area contributed by atoms with Crippen molar-refractivity contribution in [3.05, 3.63) is 11.5 Å². The molecular formula is C19H31ClN5O3PS. The number of hydrogen-bond acceptors (Lipinski definition) is 8. The van der Waals surface area contributed by atoms with Gasteiger partial charge in [-0.25, -0.2) is 4.68 Å². The van der Waals surface area contributed by atoms with Gasteiger partial charge in [0.2, 0.25) is 5.28 Å². The van der Waals surface area contributed by atoms with E-state index in [2.05, 4.69) is 27.3 Å². The minimum absolute atomic E-state index is 0.0680. The summed E-state index contributed by atoms with van der Waals surface area (Å²) in [6.07, 6.45) is 6.97. The summed E-state index contributed by atoms with van der Waals surface area (Å²) in [6, 6.07) is 0.394. The summed E-state index contributed by atoms with van der Waals surface area (Å²) >= 11 is 7.72. The fourth-order valence-corrected chi connectivity index (χ4v) is 5.76. The Bertz CT molecular complexity index is 827. The maximum absolute atomic E-state index is 9.03. The number of fused-ring (bicyclic) bond motifs is 1. The van der Waals surface area contributed by atoms with E-state index in [0.29, 0.717) is 23.1 Å². The van der Waals surface area contributed by atoms with Crippen molar-refractivity contribution in [3.8, 4) is 0 Å². The molecule has 2 aromatic heterocycles. The zero-order valence-corrected chi connectivity index (χ0v) is 20.1. The van der Waals surface area contributed by atoms with Crippen LogP contribution in [0.15, 0.2) is 6.20 Å². The fraction of sp³-hybridized carbons (Fsp3) is 0.737. The van der Waals surface area contributed by atoms with Crippen LogP contribution in [0.1, 0.15) is 59.1 Å². The Morgan fingerprint density at radius 2 is 2.07 bits per heavy atom. The lowest BCUT2D eigenvalue weighted by Crippen LogP contribution is -2.22. The molecule has 1 saturated heterocycles. The van der Waals surface area contributed by atoms with Gasteiger partial charge in [0.1, 0.15) is 5.82 Å². The van der Waals surface area contributed by atoms with Gasteiger partial charge in [-0.3, -0.25) is 0 Å². The van der Waals surface area contributed by atoms with Crippen LogP contribution in [-0.4, -0.2) is 52.9 Å². The van der Waals surface area contributed by atoms with Crippen LogP contribution >= 0.6 is 31.7 Å². The average Bonchev–Trinajstić information content (AvgIpc) is 3.44. The molecule has 4 atom stereocenters. The van der Waals surface area contributed by atoms with Gasteiger partial charge in [0, 0.05) is 11.8 Å². The molecule has 1 aliphatic heterocycles. The van der Waals surface area contributed by atoms with E-state index in [1.165, 1.54) is 24.6 Å². The first-order valence-corrected chi connectivity index (χ1v) is 13.5. The number of thioether (sulfide) groups is 1. The lowest BCUT2D eigenvalue weighted by molar-refractivity contribution is 0.00786. The molecule has 4 rings (SSSR count). The summed E-state index contributed by atoms with van der Waals surface area (Å²) in [6.45, 7) is 6.26. The minimum Gasteiger partial charge on any atom is -0.366 e. The van der Waals surface area contributed by atoms with Crippen LogP contribution in [0.3, 0.4) is 0 Å². The molecule has 0 aromatic carbocycles. The van der Waals surface area contributed by atoms with Gasteiger partial charge in [-0.1, -0.05) is 27.2 Å². The van der Waals surface area contributed by atoms with Crippen LogP contribution in [0.2, 0.25) is 5.28 Å². The predicted molar refractivity (Wildman–Crippen MR) is 124 cm³/mol. The molecule has 1 aliphatic carbocycles. The zero-order valence-electron chi connectivity index (χ0n) is 17.7. The monoisotopic (exact) mass is 475 g/mol.